The molecule has 2 amide bonds. The Balaban J connectivity index is 1.59. The van der Waals surface area contributed by atoms with Crippen molar-refractivity contribution in [2.45, 2.75) is 44.3 Å². The molecule has 1 aromatic carbocycles. The van der Waals surface area contributed by atoms with E-state index in [1.54, 1.807) is 0 Å². The lowest BCUT2D eigenvalue weighted by molar-refractivity contribution is -0.124. The average Bonchev–Trinajstić information content (AvgIpc) is 2.79. The van der Waals surface area contributed by atoms with E-state index in [1.165, 1.54) is 0 Å². The largest absolute Gasteiger partial charge is 0.354 e. The number of nitrogens with zero attached hydrogens (tertiary/aromatic N) is 1. The Hall–Kier alpha value is -1.88. The molecule has 0 aliphatic carbocycles. The molecule has 5 nitrogen and oxygen atoms in total. The van der Waals surface area contributed by atoms with Gasteiger partial charge in [-0.3, -0.25) is 14.5 Å². The SMILES string of the molecule is CC(NC(=O)CN1C2CCC1CC(=O)NC2)c1ccccc1. The number of amides is 2. The molecule has 2 fully saturated rings. The molecule has 2 aliphatic rings. The van der Waals surface area contributed by atoms with E-state index in [-0.39, 0.29) is 23.9 Å². The van der Waals surface area contributed by atoms with E-state index >= 15 is 0 Å². The van der Waals surface area contributed by atoms with Crippen LogP contribution in [0.3, 0.4) is 0 Å². The summed E-state index contributed by atoms with van der Waals surface area (Å²) >= 11 is 0. The van der Waals surface area contributed by atoms with Crippen LogP contribution >= 0.6 is 0 Å². The topological polar surface area (TPSA) is 61.4 Å². The smallest absolute Gasteiger partial charge is 0.234 e. The number of fused-ring (bicyclic) bond motifs is 2. The summed E-state index contributed by atoms with van der Waals surface area (Å²) in [5, 5.41) is 5.99. The maximum absolute atomic E-state index is 12.3. The molecule has 2 saturated heterocycles. The van der Waals surface area contributed by atoms with Gasteiger partial charge in [0.05, 0.1) is 12.6 Å². The normalized spacial score (nSPS) is 26.1. The van der Waals surface area contributed by atoms with Gasteiger partial charge >= 0.3 is 0 Å². The van der Waals surface area contributed by atoms with Gasteiger partial charge in [-0.25, -0.2) is 0 Å². The molecule has 0 spiro atoms. The third kappa shape index (κ3) is 3.30. The number of hydrogen-bond donors (Lipinski definition) is 2. The first-order valence-corrected chi connectivity index (χ1v) is 8.00. The fraction of sp³-hybridized carbons (Fsp3) is 0.529. The molecular formula is C17H23N3O2. The highest BCUT2D eigenvalue weighted by atomic mass is 16.2. The summed E-state index contributed by atoms with van der Waals surface area (Å²) in [5.41, 5.74) is 1.10. The van der Waals surface area contributed by atoms with Crippen LogP contribution in [0.25, 0.3) is 0 Å². The summed E-state index contributed by atoms with van der Waals surface area (Å²) < 4.78 is 0. The first-order chi connectivity index (χ1) is 10.6. The highest BCUT2D eigenvalue weighted by Gasteiger charge is 2.38. The van der Waals surface area contributed by atoms with Gasteiger partial charge in [-0.15, -0.1) is 0 Å². The summed E-state index contributed by atoms with van der Waals surface area (Å²) in [6, 6.07) is 10.5. The zero-order chi connectivity index (χ0) is 15.5. The predicted octanol–water partition coefficient (Wildman–Crippen LogP) is 1.22. The van der Waals surface area contributed by atoms with Crippen LogP contribution in [0.5, 0.6) is 0 Å². The predicted molar refractivity (Wildman–Crippen MR) is 84.1 cm³/mol. The quantitative estimate of drug-likeness (QED) is 0.879. The maximum Gasteiger partial charge on any atom is 0.234 e. The van der Waals surface area contributed by atoms with Crippen LogP contribution in [0.4, 0.5) is 0 Å². The molecule has 0 radical (unpaired) electrons. The standard InChI is InChI=1S/C17H23N3O2/c1-12(13-5-3-2-4-6-13)19-17(22)11-20-14-7-8-15(20)10-18-16(21)9-14/h2-6,12,14-15H,7-11H2,1H3,(H,18,21)(H,19,22). The molecule has 3 unspecified atom stereocenters. The molecule has 3 atom stereocenters. The number of hydrogen-bond acceptors (Lipinski definition) is 3. The van der Waals surface area contributed by atoms with Gasteiger partial charge in [0.25, 0.3) is 0 Å². The lowest BCUT2D eigenvalue weighted by Crippen LogP contribution is -2.45. The van der Waals surface area contributed by atoms with Crippen LogP contribution in [0, 0.1) is 0 Å². The molecule has 2 heterocycles. The van der Waals surface area contributed by atoms with E-state index in [9.17, 15) is 9.59 Å². The number of carbonyl (C=O) groups excluding carboxylic acids is 2. The van der Waals surface area contributed by atoms with E-state index in [4.69, 9.17) is 0 Å². The monoisotopic (exact) mass is 301 g/mol. The highest BCUT2D eigenvalue weighted by Crippen LogP contribution is 2.27. The second-order valence-corrected chi connectivity index (χ2v) is 6.27. The number of rotatable bonds is 4. The molecule has 22 heavy (non-hydrogen) atoms. The van der Waals surface area contributed by atoms with Crippen molar-refractivity contribution in [1.29, 1.82) is 0 Å². The van der Waals surface area contributed by atoms with Crippen LogP contribution < -0.4 is 10.6 Å². The van der Waals surface area contributed by atoms with Crippen molar-refractivity contribution in [3.05, 3.63) is 35.9 Å². The van der Waals surface area contributed by atoms with Gasteiger partial charge in [0.15, 0.2) is 0 Å². The lowest BCUT2D eigenvalue weighted by atomic mass is 10.1. The number of benzene rings is 1. The molecule has 118 valence electrons. The second-order valence-electron chi connectivity index (χ2n) is 6.27. The van der Waals surface area contributed by atoms with E-state index < -0.39 is 0 Å². The molecule has 3 rings (SSSR count). The fourth-order valence-electron chi connectivity index (χ4n) is 3.51. The van der Waals surface area contributed by atoms with E-state index in [0.29, 0.717) is 25.6 Å². The van der Waals surface area contributed by atoms with E-state index in [0.717, 1.165) is 18.4 Å². The minimum Gasteiger partial charge on any atom is -0.354 e. The molecule has 1 aromatic rings. The Labute approximate surface area is 131 Å². The van der Waals surface area contributed by atoms with Crippen molar-refractivity contribution in [3.63, 3.8) is 0 Å². The zero-order valence-electron chi connectivity index (χ0n) is 12.9. The van der Waals surface area contributed by atoms with Gasteiger partial charge < -0.3 is 10.6 Å². The summed E-state index contributed by atoms with van der Waals surface area (Å²) in [6.07, 6.45) is 2.59. The summed E-state index contributed by atoms with van der Waals surface area (Å²) in [6.45, 7) is 3.04. The fourth-order valence-corrected chi connectivity index (χ4v) is 3.51. The van der Waals surface area contributed by atoms with Gasteiger partial charge in [0.2, 0.25) is 11.8 Å². The van der Waals surface area contributed by atoms with Crippen molar-refractivity contribution < 1.29 is 9.59 Å². The third-order valence-electron chi connectivity index (χ3n) is 4.73. The molecule has 0 saturated carbocycles. The number of nitrogens with one attached hydrogen (secondary N) is 2. The molecular weight excluding hydrogens is 278 g/mol. The Morgan fingerprint density at radius 2 is 2.05 bits per heavy atom. The van der Waals surface area contributed by atoms with Crippen molar-refractivity contribution in [2.75, 3.05) is 13.1 Å². The molecule has 0 aromatic heterocycles. The van der Waals surface area contributed by atoms with Crippen LogP contribution in [-0.2, 0) is 9.59 Å². The van der Waals surface area contributed by atoms with Gasteiger partial charge in [-0.05, 0) is 25.3 Å². The van der Waals surface area contributed by atoms with Crippen LogP contribution in [0.15, 0.2) is 30.3 Å². The Bertz CT molecular complexity index is 546. The van der Waals surface area contributed by atoms with Gasteiger partial charge in [-0.2, -0.15) is 0 Å². The second kappa shape index (κ2) is 6.48. The molecule has 5 heteroatoms. The van der Waals surface area contributed by atoms with Crippen molar-refractivity contribution >= 4 is 11.8 Å². The first-order valence-electron chi connectivity index (χ1n) is 8.00. The molecule has 2 aliphatic heterocycles. The lowest BCUT2D eigenvalue weighted by Gasteiger charge is -2.27. The van der Waals surface area contributed by atoms with E-state index in [1.807, 2.05) is 37.3 Å². The number of carbonyl (C=O) groups is 2. The zero-order valence-corrected chi connectivity index (χ0v) is 12.9. The average molecular weight is 301 g/mol. The van der Waals surface area contributed by atoms with Crippen molar-refractivity contribution in [3.8, 4) is 0 Å². The van der Waals surface area contributed by atoms with Gasteiger partial charge in [0.1, 0.15) is 0 Å². The van der Waals surface area contributed by atoms with Crippen molar-refractivity contribution in [2.24, 2.45) is 0 Å². The summed E-state index contributed by atoms with van der Waals surface area (Å²) in [4.78, 5) is 26.2. The maximum atomic E-state index is 12.3. The Kier molecular flexibility index (Phi) is 4.43. The van der Waals surface area contributed by atoms with E-state index in [2.05, 4.69) is 15.5 Å². The molecule has 2 bridgehead atoms. The third-order valence-corrected chi connectivity index (χ3v) is 4.73. The highest BCUT2D eigenvalue weighted by molar-refractivity contribution is 5.80. The van der Waals surface area contributed by atoms with Crippen LogP contribution in [-0.4, -0.2) is 41.9 Å². The van der Waals surface area contributed by atoms with Crippen LogP contribution in [0.1, 0.15) is 37.8 Å². The summed E-state index contributed by atoms with van der Waals surface area (Å²) in [5.74, 6) is 0.137. The van der Waals surface area contributed by atoms with Gasteiger partial charge in [-0.1, -0.05) is 30.3 Å². The van der Waals surface area contributed by atoms with Crippen molar-refractivity contribution in [1.82, 2.24) is 15.5 Å². The minimum absolute atomic E-state index is 0.00177. The van der Waals surface area contributed by atoms with Gasteiger partial charge in [0, 0.05) is 25.0 Å². The van der Waals surface area contributed by atoms with Crippen LogP contribution in [0.2, 0.25) is 0 Å². The Morgan fingerprint density at radius 3 is 2.82 bits per heavy atom. The Morgan fingerprint density at radius 1 is 1.32 bits per heavy atom. The first kappa shape index (κ1) is 15.0. The summed E-state index contributed by atoms with van der Waals surface area (Å²) in [7, 11) is 0. The minimum atomic E-state index is -0.00177. The molecule has 2 N–H and O–H groups in total.